The monoisotopic (exact) mass is 339 g/mol. The predicted octanol–water partition coefficient (Wildman–Crippen LogP) is 4.42. The van der Waals surface area contributed by atoms with Crippen molar-refractivity contribution in [3.63, 3.8) is 0 Å². The number of hydrogen-bond acceptors (Lipinski definition) is 3. The Labute approximate surface area is 148 Å². The summed E-state index contributed by atoms with van der Waals surface area (Å²) in [5.74, 6) is 1.39. The molecule has 0 unspecified atom stereocenters. The van der Waals surface area contributed by atoms with Crippen LogP contribution in [0.1, 0.15) is 80.6 Å². The van der Waals surface area contributed by atoms with Gasteiger partial charge in [-0.05, 0) is 58.3 Å². The Bertz CT molecular complexity index is 409. The van der Waals surface area contributed by atoms with Gasteiger partial charge in [0.25, 0.3) is 0 Å². The van der Waals surface area contributed by atoms with E-state index < -0.39 is 0 Å². The highest BCUT2D eigenvalue weighted by molar-refractivity contribution is 5.81. The quantitative estimate of drug-likeness (QED) is 0.645. The topological polar surface area (TPSA) is 46.6 Å². The van der Waals surface area contributed by atoms with Crippen molar-refractivity contribution in [3.05, 3.63) is 0 Å². The van der Waals surface area contributed by atoms with Gasteiger partial charge in [0.15, 0.2) is 0 Å². The van der Waals surface area contributed by atoms with E-state index in [4.69, 9.17) is 4.74 Å². The summed E-state index contributed by atoms with van der Waals surface area (Å²) in [6.45, 7) is 14.7. The van der Waals surface area contributed by atoms with Crippen LogP contribution < -0.4 is 0 Å². The third-order valence-electron chi connectivity index (χ3n) is 5.19. The van der Waals surface area contributed by atoms with Crippen molar-refractivity contribution >= 4 is 11.9 Å². The van der Waals surface area contributed by atoms with Crippen molar-refractivity contribution in [2.75, 3.05) is 0 Å². The SMILES string of the molecule is CC(C)[C@@H]1CC[C@@H](C)C[C@H]1OC(=O)CCC(=O)N(C(C)C)C(C)C. The standard InChI is InChI=1S/C20H37NO3/c1-13(2)17-9-8-16(7)12-18(17)24-20(23)11-10-19(22)21(14(3)4)15(5)6/h13-18H,8-12H2,1-7H3/t16-,17+,18-/m1/s1. The number of ether oxygens (including phenoxy) is 1. The summed E-state index contributed by atoms with van der Waals surface area (Å²) in [5.41, 5.74) is 0. The van der Waals surface area contributed by atoms with E-state index >= 15 is 0 Å². The van der Waals surface area contributed by atoms with E-state index in [0.717, 1.165) is 12.8 Å². The largest absolute Gasteiger partial charge is 0.462 e. The van der Waals surface area contributed by atoms with Gasteiger partial charge in [-0.15, -0.1) is 0 Å². The molecule has 0 aromatic rings. The summed E-state index contributed by atoms with van der Waals surface area (Å²) in [7, 11) is 0. The molecule has 0 radical (unpaired) electrons. The van der Waals surface area contributed by atoms with E-state index in [1.165, 1.54) is 6.42 Å². The Morgan fingerprint density at radius 2 is 1.58 bits per heavy atom. The number of nitrogens with zero attached hydrogens (tertiary/aromatic N) is 1. The molecule has 0 aliphatic heterocycles. The highest BCUT2D eigenvalue weighted by Crippen LogP contribution is 2.35. The van der Waals surface area contributed by atoms with Crippen molar-refractivity contribution < 1.29 is 14.3 Å². The molecule has 1 rings (SSSR count). The lowest BCUT2D eigenvalue weighted by molar-refractivity contribution is -0.157. The van der Waals surface area contributed by atoms with Gasteiger partial charge in [-0.1, -0.05) is 27.2 Å². The van der Waals surface area contributed by atoms with Crippen molar-refractivity contribution in [2.24, 2.45) is 17.8 Å². The van der Waals surface area contributed by atoms with Crippen molar-refractivity contribution in [2.45, 2.75) is 98.8 Å². The fourth-order valence-corrected chi connectivity index (χ4v) is 3.99. The lowest BCUT2D eigenvalue weighted by Gasteiger charge is -2.36. The second kappa shape index (κ2) is 9.43. The number of rotatable bonds is 7. The van der Waals surface area contributed by atoms with Gasteiger partial charge in [0, 0.05) is 18.5 Å². The summed E-state index contributed by atoms with van der Waals surface area (Å²) in [4.78, 5) is 26.5. The highest BCUT2D eigenvalue weighted by atomic mass is 16.5. The summed E-state index contributed by atoms with van der Waals surface area (Å²) < 4.78 is 5.78. The molecule has 0 heterocycles. The molecule has 0 aromatic carbocycles. The van der Waals surface area contributed by atoms with Crippen molar-refractivity contribution in [1.29, 1.82) is 0 Å². The molecule has 0 bridgehead atoms. The van der Waals surface area contributed by atoms with Gasteiger partial charge in [0.1, 0.15) is 6.10 Å². The van der Waals surface area contributed by atoms with Crippen LogP contribution in [0.2, 0.25) is 0 Å². The lowest BCUT2D eigenvalue weighted by atomic mass is 9.75. The number of carbonyl (C=O) groups is 2. The van der Waals surface area contributed by atoms with Crippen LogP contribution >= 0.6 is 0 Å². The Kier molecular flexibility index (Phi) is 8.24. The molecule has 0 N–H and O–H groups in total. The second-order valence-corrected chi connectivity index (χ2v) is 8.34. The van der Waals surface area contributed by atoms with Gasteiger partial charge in [-0.2, -0.15) is 0 Å². The highest BCUT2D eigenvalue weighted by Gasteiger charge is 2.33. The van der Waals surface area contributed by atoms with Crippen LogP contribution in [0.4, 0.5) is 0 Å². The second-order valence-electron chi connectivity index (χ2n) is 8.34. The predicted molar refractivity (Wildman–Crippen MR) is 97.6 cm³/mol. The molecule has 4 nitrogen and oxygen atoms in total. The normalized spacial score (nSPS) is 24.5. The minimum atomic E-state index is -0.222. The van der Waals surface area contributed by atoms with Crippen LogP contribution in [0.5, 0.6) is 0 Å². The fraction of sp³-hybridized carbons (Fsp3) is 0.900. The van der Waals surface area contributed by atoms with Gasteiger partial charge in [0.2, 0.25) is 5.91 Å². The zero-order valence-corrected chi connectivity index (χ0v) is 16.7. The third-order valence-corrected chi connectivity index (χ3v) is 5.19. The molecule has 4 heteroatoms. The van der Waals surface area contributed by atoms with Crippen LogP contribution in [-0.4, -0.2) is 35.0 Å². The van der Waals surface area contributed by atoms with Crippen LogP contribution in [0.25, 0.3) is 0 Å². The average Bonchev–Trinajstić information content (AvgIpc) is 2.44. The first-order valence-electron chi connectivity index (χ1n) is 9.64. The molecule has 1 saturated carbocycles. The number of esters is 1. The number of carbonyl (C=O) groups excluding carboxylic acids is 2. The van der Waals surface area contributed by atoms with Crippen LogP contribution in [0, 0.1) is 17.8 Å². The molecular formula is C20H37NO3. The molecule has 3 atom stereocenters. The van der Waals surface area contributed by atoms with E-state index in [2.05, 4.69) is 20.8 Å². The molecule has 0 spiro atoms. The maximum atomic E-state index is 12.4. The fourth-order valence-electron chi connectivity index (χ4n) is 3.99. The molecule has 1 aliphatic rings. The van der Waals surface area contributed by atoms with Gasteiger partial charge < -0.3 is 9.64 Å². The zero-order chi connectivity index (χ0) is 18.4. The molecule has 1 amide bonds. The Morgan fingerprint density at radius 1 is 1.00 bits per heavy atom. The molecule has 24 heavy (non-hydrogen) atoms. The summed E-state index contributed by atoms with van der Waals surface area (Å²) in [6, 6.07) is 0.302. The van der Waals surface area contributed by atoms with Crippen molar-refractivity contribution in [3.8, 4) is 0 Å². The van der Waals surface area contributed by atoms with E-state index in [-0.39, 0.29) is 42.9 Å². The maximum absolute atomic E-state index is 12.4. The maximum Gasteiger partial charge on any atom is 0.306 e. The summed E-state index contributed by atoms with van der Waals surface area (Å²) in [5, 5.41) is 0. The first kappa shape index (κ1) is 21.0. The molecule has 1 fully saturated rings. The average molecular weight is 340 g/mol. The zero-order valence-electron chi connectivity index (χ0n) is 16.7. The third kappa shape index (κ3) is 6.10. The Hall–Kier alpha value is -1.06. The van der Waals surface area contributed by atoms with Gasteiger partial charge in [-0.3, -0.25) is 9.59 Å². The van der Waals surface area contributed by atoms with Crippen LogP contribution in [-0.2, 0) is 14.3 Å². The molecule has 1 aliphatic carbocycles. The smallest absolute Gasteiger partial charge is 0.306 e. The molecule has 140 valence electrons. The molecule has 0 aromatic heterocycles. The first-order valence-corrected chi connectivity index (χ1v) is 9.64. The first-order chi connectivity index (χ1) is 11.1. The van der Waals surface area contributed by atoms with Gasteiger partial charge in [-0.25, -0.2) is 0 Å². The molecular weight excluding hydrogens is 302 g/mol. The van der Waals surface area contributed by atoms with E-state index in [1.807, 2.05) is 32.6 Å². The Morgan fingerprint density at radius 3 is 2.08 bits per heavy atom. The van der Waals surface area contributed by atoms with Gasteiger partial charge in [0.05, 0.1) is 6.42 Å². The van der Waals surface area contributed by atoms with E-state index in [0.29, 0.717) is 17.8 Å². The van der Waals surface area contributed by atoms with E-state index in [1.54, 1.807) is 0 Å². The van der Waals surface area contributed by atoms with Crippen LogP contribution in [0.3, 0.4) is 0 Å². The van der Waals surface area contributed by atoms with Crippen LogP contribution in [0.15, 0.2) is 0 Å². The lowest BCUT2D eigenvalue weighted by Crippen LogP contribution is -2.42. The number of hydrogen-bond donors (Lipinski definition) is 0. The minimum absolute atomic E-state index is 0.0163. The van der Waals surface area contributed by atoms with Gasteiger partial charge >= 0.3 is 5.97 Å². The summed E-state index contributed by atoms with van der Waals surface area (Å²) >= 11 is 0. The Balaban J connectivity index is 2.54. The minimum Gasteiger partial charge on any atom is -0.462 e. The van der Waals surface area contributed by atoms with E-state index in [9.17, 15) is 9.59 Å². The summed E-state index contributed by atoms with van der Waals surface area (Å²) in [6.07, 6.45) is 3.74. The molecule has 0 saturated heterocycles. The number of amides is 1. The van der Waals surface area contributed by atoms with Crippen molar-refractivity contribution in [1.82, 2.24) is 4.90 Å².